The number of halogens is 2. The molecule has 1 amide bonds. The number of benzene rings is 1. The molecule has 1 aromatic carbocycles. The van der Waals surface area contributed by atoms with Gasteiger partial charge in [-0.15, -0.1) is 24.8 Å². The maximum absolute atomic E-state index is 12.6. The van der Waals surface area contributed by atoms with Crippen LogP contribution in [0.5, 0.6) is 5.75 Å². The number of rotatable bonds is 8. The Morgan fingerprint density at radius 2 is 1.85 bits per heavy atom. The van der Waals surface area contributed by atoms with Gasteiger partial charge in [-0.2, -0.15) is 0 Å². The number of nitrogens with one attached hydrogen (secondary N) is 1. The molecule has 1 aliphatic carbocycles. The van der Waals surface area contributed by atoms with E-state index in [0.29, 0.717) is 6.61 Å². The van der Waals surface area contributed by atoms with E-state index in [1.807, 2.05) is 31.2 Å². The monoisotopic (exact) mass is 419 g/mol. The molecule has 27 heavy (non-hydrogen) atoms. The fourth-order valence-corrected chi connectivity index (χ4v) is 3.49. The number of hydrogen-bond donors (Lipinski definition) is 2. The van der Waals surface area contributed by atoms with Gasteiger partial charge in [-0.05, 0) is 57.1 Å². The van der Waals surface area contributed by atoms with Crippen LogP contribution in [-0.2, 0) is 4.79 Å². The number of likely N-dealkylation sites (N-methyl/N-ethyl adjacent to an activating group) is 1. The molecule has 5 nitrogen and oxygen atoms in total. The Labute approximate surface area is 176 Å². The van der Waals surface area contributed by atoms with Gasteiger partial charge in [-0.1, -0.05) is 26.7 Å². The third kappa shape index (κ3) is 7.86. The van der Waals surface area contributed by atoms with Gasteiger partial charge in [0.15, 0.2) is 0 Å². The number of nitrogens with two attached hydrogens (primary N) is 1. The summed E-state index contributed by atoms with van der Waals surface area (Å²) in [7, 11) is 0. The quantitative estimate of drug-likeness (QED) is 0.665. The fraction of sp³-hybridized carbons (Fsp3) is 0.650. The lowest BCUT2D eigenvalue weighted by molar-refractivity contribution is -0.122. The summed E-state index contributed by atoms with van der Waals surface area (Å²) < 4.78 is 5.78. The zero-order valence-electron chi connectivity index (χ0n) is 16.7. The van der Waals surface area contributed by atoms with Gasteiger partial charge in [0, 0.05) is 17.8 Å². The van der Waals surface area contributed by atoms with Crippen molar-refractivity contribution in [3.05, 3.63) is 24.3 Å². The average Bonchev–Trinajstić information content (AvgIpc) is 2.59. The molecule has 2 rings (SSSR count). The SMILES string of the molecule is CCN(CC)CCOc1ccc(NC(=O)C2CCCCC2(C)N)cc1.Cl.Cl. The highest BCUT2D eigenvalue weighted by Gasteiger charge is 2.37. The van der Waals surface area contributed by atoms with Crippen LogP contribution in [0.15, 0.2) is 24.3 Å². The molecule has 3 N–H and O–H groups in total. The zero-order valence-corrected chi connectivity index (χ0v) is 18.3. The minimum atomic E-state index is -0.407. The molecule has 1 aliphatic rings. The van der Waals surface area contributed by atoms with Crippen molar-refractivity contribution in [2.24, 2.45) is 11.7 Å². The number of carbonyl (C=O) groups excluding carboxylic acids is 1. The molecule has 1 aromatic rings. The lowest BCUT2D eigenvalue weighted by atomic mass is 9.74. The average molecular weight is 420 g/mol. The summed E-state index contributed by atoms with van der Waals surface area (Å²) in [5, 5.41) is 3.00. The smallest absolute Gasteiger partial charge is 0.229 e. The molecule has 7 heteroatoms. The molecule has 0 radical (unpaired) electrons. The van der Waals surface area contributed by atoms with Gasteiger partial charge in [0.1, 0.15) is 12.4 Å². The zero-order chi connectivity index (χ0) is 18.3. The third-order valence-corrected chi connectivity index (χ3v) is 5.26. The molecule has 0 spiro atoms. The van der Waals surface area contributed by atoms with E-state index in [-0.39, 0.29) is 36.6 Å². The maximum atomic E-state index is 12.6. The molecular weight excluding hydrogens is 385 g/mol. The maximum Gasteiger partial charge on any atom is 0.229 e. The fourth-order valence-electron chi connectivity index (χ4n) is 3.49. The van der Waals surface area contributed by atoms with E-state index in [4.69, 9.17) is 10.5 Å². The molecule has 2 atom stereocenters. The van der Waals surface area contributed by atoms with Crippen LogP contribution in [-0.4, -0.2) is 42.6 Å². The summed E-state index contributed by atoms with van der Waals surface area (Å²) in [6.45, 7) is 9.95. The van der Waals surface area contributed by atoms with Crippen molar-refractivity contribution < 1.29 is 9.53 Å². The van der Waals surface area contributed by atoms with Crippen molar-refractivity contribution in [1.29, 1.82) is 0 Å². The first kappa shape index (κ1) is 26.0. The Morgan fingerprint density at radius 1 is 1.22 bits per heavy atom. The summed E-state index contributed by atoms with van der Waals surface area (Å²) in [4.78, 5) is 14.9. The van der Waals surface area contributed by atoms with E-state index >= 15 is 0 Å². The highest BCUT2D eigenvalue weighted by Crippen LogP contribution is 2.32. The Morgan fingerprint density at radius 3 is 2.41 bits per heavy atom. The number of anilines is 1. The molecule has 2 unspecified atom stereocenters. The molecule has 0 aliphatic heterocycles. The summed E-state index contributed by atoms with van der Waals surface area (Å²) >= 11 is 0. The minimum absolute atomic E-state index is 0. The van der Waals surface area contributed by atoms with Crippen molar-refractivity contribution in [2.75, 3.05) is 31.6 Å². The van der Waals surface area contributed by atoms with Gasteiger partial charge in [0.2, 0.25) is 5.91 Å². The number of carbonyl (C=O) groups is 1. The van der Waals surface area contributed by atoms with Crippen molar-refractivity contribution in [3.63, 3.8) is 0 Å². The van der Waals surface area contributed by atoms with Crippen LogP contribution in [0, 0.1) is 5.92 Å². The standard InChI is InChI=1S/C20H33N3O2.2ClH/c1-4-23(5-2)14-15-25-17-11-9-16(10-12-17)22-19(24)18-8-6-7-13-20(18,3)21;;/h9-12,18H,4-8,13-15,21H2,1-3H3,(H,22,24);2*1H. The predicted octanol–water partition coefficient (Wildman–Crippen LogP) is 4.10. The largest absolute Gasteiger partial charge is 0.492 e. The number of nitrogens with zero attached hydrogens (tertiary/aromatic N) is 1. The summed E-state index contributed by atoms with van der Waals surface area (Å²) in [5.41, 5.74) is 6.71. The molecule has 0 aromatic heterocycles. The van der Waals surface area contributed by atoms with Crippen molar-refractivity contribution in [2.45, 2.75) is 52.0 Å². The molecule has 0 heterocycles. The number of hydrogen-bond acceptors (Lipinski definition) is 4. The molecule has 0 saturated heterocycles. The van der Waals surface area contributed by atoms with Gasteiger partial charge in [0.05, 0.1) is 5.92 Å². The lowest BCUT2D eigenvalue weighted by Crippen LogP contribution is -2.51. The van der Waals surface area contributed by atoms with Gasteiger partial charge in [-0.3, -0.25) is 4.79 Å². The van der Waals surface area contributed by atoms with Crippen LogP contribution in [0.1, 0.15) is 46.5 Å². The molecule has 0 bridgehead atoms. The van der Waals surface area contributed by atoms with E-state index in [9.17, 15) is 4.79 Å². The molecule has 1 saturated carbocycles. The van der Waals surface area contributed by atoms with Crippen LogP contribution in [0.2, 0.25) is 0 Å². The highest BCUT2D eigenvalue weighted by molar-refractivity contribution is 5.93. The van der Waals surface area contributed by atoms with Gasteiger partial charge >= 0.3 is 0 Å². The van der Waals surface area contributed by atoms with Crippen molar-refractivity contribution in [3.8, 4) is 5.75 Å². The van der Waals surface area contributed by atoms with Crippen molar-refractivity contribution in [1.82, 2.24) is 4.90 Å². The second-order valence-electron chi connectivity index (χ2n) is 7.19. The Balaban J connectivity index is 0.00000338. The van der Waals surface area contributed by atoms with Gasteiger partial charge in [-0.25, -0.2) is 0 Å². The van der Waals surface area contributed by atoms with Crippen LogP contribution in [0.25, 0.3) is 0 Å². The second kappa shape index (κ2) is 12.4. The highest BCUT2D eigenvalue weighted by atomic mass is 35.5. The Kier molecular flexibility index (Phi) is 12.0. The molecular formula is C20H35Cl2N3O2. The normalized spacial score (nSPS) is 21.7. The van der Waals surface area contributed by atoms with Crippen LogP contribution < -0.4 is 15.8 Å². The van der Waals surface area contributed by atoms with E-state index in [1.54, 1.807) is 0 Å². The summed E-state index contributed by atoms with van der Waals surface area (Å²) in [6.07, 6.45) is 3.95. The summed E-state index contributed by atoms with van der Waals surface area (Å²) in [5.74, 6) is 0.734. The number of ether oxygens (including phenoxy) is 1. The number of amides is 1. The molecule has 1 fully saturated rings. The van der Waals surface area contributed by atoms with Crippen molar-refractivity contribution >= 4 is 36.4 Å². The Bertz CT molecular complexity index is 549. The lowest BCUT2D eigenvalue weighted by Gasteiger charge is -2.37. The third-order valence-electron chi connectivity index (χ3n) is 5.26. The van der Waals surface area contributed by atoms with Crippen LogP contribution >= 0.6 is 24.8 Å². The van der Waals surface area contributed by atoms with E-state index in [1.165, 1.54) is 0 Å². The summed E-state index contributed by atoms with van der Waals surface area (Å²) in [6, 6.07) is 7.59. The van der Waals surface area contributed by atoms with E-state index in [2.05, 4.69) is 24.1 Å². The van der Waals surface area contributed by atoms with Crippen LogP contribution in [0.3, 0.4) is 0 Å². The first-order chi connectivity index (χ1) is 12.0. The first-order valence-electron chi connectivity index (χ1n) is 9.51. The molecule has 156 valence electrons. The van der Waals surface area contributed by atoms with Gasteiger partial charge < -0.3 is 20.7 Å². The van der Waals surface area contributed by atoms with Gasteiger partial charge in [0.25, 0.3) is 0 Å². The second-order valence-corrected chi connectivity index (χ2v) is 7.19. The predicted molar refractivity (Wildman–Crippen MR) is 117 cm³/mol. The minimum Gasteiger partial charge on any atom is -0.492 e. The van der Waals surface area contributed by atoms with Crippen LogP contribution in [0.4, 0.5) is 5.69 Å². The Hall–Kier alpha value is -1.01. The van der Waals surface area contributed by atoms with E-state index in [0.717, 1.165) is 56.8 Å². The van der Waals surface area contributed by atoms with E-state index < -0.39 is 5.54 Å². The first-order valence-corrected chi connectivity index (χ1v) is 9.51. The topological polar surface area (TPSA) is 67.6 Å².